The number of sulfone groups is 1. The van der Waals surface area contributed by atoms with Crippen molar-refractivity contribution < 1.29 is 26.4 Å². The topological polar surface area (TPSA) is 143 Å². The van der Waals surface area contributed by atoms with Crippen molar-refractivity contribution in [3.63, 3.8) is 0 Å². The summed E-state index contributed by atoms with van der Waals surface area (Å²) >= 11 is 1.32. The van der Waals surface area contributed by atoms with Crippen LogP contribution in [0.25, 0.3) is 0 Å². The van der Waals surface area contributed by atoms with Gasteiger partial charge >= 0.3 is 0 Å². The Morgan fingerprint density at radius 3 is 2.62 bits per heavy atom. The number of benzene rings is 1. The Labute approximate surface area is 190 Å². The number of hydrogen-bond acceptors (Lipinski definition) is 8. The summed E-state index contributed by atoms with van der Waals surface area (Å²) < 4.78 is 50.4. The average molecular weight is 499 g/mol. The predicted octanol–water partition coefficient (Wildman–Crippen LogP) is 0.916. The van der Waals surface area contributed by atoms with Crippen molar-refractivity contribution in [2.24, 2.45) is 0 Å². The highest BCUT2D eigenvalue weighted by atomic mass is 32.2. The molecule has 2 saturated heterocycles. The van der Waals surface area contributed by atoms with Gasteiger partial charge in [0.2, 0.25) is 21.8 Å². The lowest BCUT2D eigenvalue weighted by Crippen LogP contribution is -2.35. The number of nitrogens with one attached hydrogen (secondary N) is 2. The Morgan fingerprint density at radius 1 is 1.25 bits per heavy atom. The molecule has 1 aromatic carbocycles. The molecule has 2 fully saturated rings. The zero-order valence-corrected chi connectivity index (χ0v) is 19.4. The first-order valence-electron chi connectivity index (χ1n) is 9.99. The molecule has 0 radical (unpaired) electrons. The molecule has 2 N–H and O–H groups in total. The maximum atomic E-state index is 12.5. The fourth-order valence-corrected chi connectivity index (χ4v) is 7.53. The number of carbonyl (C=O) groups is 2. The summed E-state index contributed by atoms with van der Waals surface area (Å²) in [7, 11) is -7.07. The van der Waals surface area contributed by atoms with Crippen molar-refractivity contribution in [2.75, 3.05) is 28.3 Å². The zero-order valence-electron chi connectivity index (χ0n) is 17.0. The number of thiazole rings is 1. The van der Waals surface area contributed by atoms with Crippen LogP contribution in [0.1, 0.15) is 25.0 Å². The molecule has 2 aliphatic heterocycles. The smallest absolute Gasteiger partial charge is 0.240 e. The van der Waals surface area contributed by atoms with Crippen LogP contribution in [0.3, 0.4) is 0 Å². The van der Waals surface area contributed by atoms with Crippen LogP contribution < -0.4 is 14.9 Å². The number of carbonyl (C=O) groups excluding carboxylic acids is 2. The molecular formula is C19H22N4O6S3. The van der Waals surface area contributed by atoms with Crippen LogP contribution in [-0.4, -0.2) is 57.7 Å². The van der Waals surface area contributed by atoms with Crippen molar-refractivity contribution >= 4 is 53.8 Å². The van der Waals surface area contributed by atoms with E-state index in [1.165, 1.54) is 35.6 Å². The van der Waals surface area contributed by atoms with Crippen molar-refractivity contribution in [3.8, 4) is 0 Å². The number of hydrogen-bond donors (Lipinski definition) is 2. The lowest BCUT2D eigenvalue weighted by Gasteiger charge is -2.12. The highest BCUT2D eigenvalue weighted by Crippen LogP contribution is 2.25. The molecule has 0 bridgehead atoms. The maximum absolute atomic E-state index is 12.5. The van der Waals surface area contributed by atoms with Gasteiger partial charge in [-0.2, -0.15) is 0 Å². The van der Waals surface area contributed by atoms with Crippen molar-refractivity contribution in [1.29, 1.82) is 0 Å². The van der Waals surface area contributed by atoms with Gasteiger partial charge in [0, 0.05) is 30.1 Å². The largest absolute Gasteiger partial charge is 0.326 e. The van der Waals surface area contributed by atoms with Crippen LogP contribution in [-0.2, 0) is 35.9 Å². The van der Waals surface area contributed by atoms with Gasteiger partial charge in [-0.25, -0.2) is 26.5 Å². The van der Waals surface area contributed by atoms with Gasteiger partial charge in [0.1, 0.15) is 0 Å². The first kappa shape index (κ1) is 22.8. The number of amides is 2. The van der Waals surface area contributed by atoms with Gasteiger partial charge in [0.25, 0.3) is 0 Å². The summed E-state index contributed by atoms with van der Waals surface area (Å²) in [6, 6.07) is 4.99. The minimum Gasteiger partial charge on any atom is -0.326 e. The molecule has 2 aliphatic rings. The molecule has 1 atom stereocenters. The molecule has 2 aromatic rings. The second kappa shape index (κ2) is 8.89. The number of sulfonamides is 1. The molecule has 0 spiro atoms. The van der Waals surface area contributed by atoms with E-state index in [0.29, 0.717) is 29.5 Å². The van der Waals surface area contributed by atoms with E-state index in [2.05, 4.69) is 15.0 Å². The van der Waals surface area contributed by atoms with E-state index in [1.54, 1.807) is 10.3 Å². The van der Waals surface area contributed by atoms with Crippen molar-refractivity contribution in [3.05, 3.63) is 35.3 Å². The predicted molar refractivity (Wildman–Crippen MR) is 120 cm³/mol. The molecule has 0 saturated carbocycles. The summed E-state index contributed by atoms with van der Waals surface area (Å²) in [5, 5.41) is 5.02. The molecular weight excluding hydrogens is 476 g/mol. The second-order valence-electron chi connectivity index (χ2n) is 7.74. The average Bonchev–Trinajstić information content (AvgIpc) is 3.42. The minimum atomic E-state index is -3.87. The maximum Gasteiger partial charge on any atom is 0.240 e. The molecule has 172 valence electrons. The summed E-state index contributed by atoms with van der Waals surface area (Å²) in [5.41, 5.74) is 0.972. The molecule has 13 heteroatoms. The van der Waals surface area contributed by atoms with Gasteiger partial charge in [-0.1, -0.05) is 0 Å². The van der Waals surface area contributed by atoms with Crippen LogP contribution in [0.2, 0.25) is 0 Å². The Kier molecular flexibility index (Phi) is 6.34. The van der Waals surface area contributed by atoms with E-state index in [9.17, 15) is 26.4 Å². The first-order chi connectivity index (χ1) is 15.1. The third-order valence-electron chi connectivity index (χ3n) is 5.19. The molecule has 10 nitrogen and oxygen atoms in total. The lowest BCUT2D eigenvalue weighted by atomic mass is 10.3. The number of nitrogens with zero attached hydrogens (tertiary/aromatic N) is 2. The highest BCUT2D eigenvalue weighted by Gasteiger charge is 2.31. The second-order valence-corrected chi connectivity index (χ2v) is 12.5. The van der Waals surface area contributed by atoms with E-state index >= 15 is 0 Å². The molecule has 3 heterocycles. The Bertz CT molecular complexity index is 1240. The molecule has 1 aromatic heterocycles. The fourth-order valence-electron chi connectivity index (χ4n) is 3.61. The summed E-state index contributed by atoms with van der Waals surface area (Å²) in [6.45, 7) is 0.638. The van der Waals surface area contributed by atoms with Crippen molar-refractivity contribution in [1.82, 2.24) is 9.71 Å². The van der Waals surface area contributed by atoms with Gasteiger partial charge in [0.15, 0.2) is 15.0 Å². The summed E-state index contributed by atoms with van der Waals surface area (Å²) in [5.74, 6) is -0.515. The zero-order chi connectivity index (χ0) is 22.9. The Morgan fingerprint density at radius 2 is 2.00 bits per heavy atom. The van der Waals surface area contributed by atoms with E-state index in [4.69, 9.17) is 0 Å². The third kappa shape index (κ3) is 5.34. The van der Waals surface area contributed by atoms with Crippen LogP contribution in [0, 0.1) is 0 Å². The van der Waals surface area contributed by atoms with Crippen LogP contribution in [0.5, 0.6) is 0 Å². The lowest BCUT2D eigenvalue weighted by molar-refractivity contribution is -0.117. The number of anilines is 2. The number of rotatable bonds is 7. The summed E-state index contributed by atoms with van der Waals surface area (Å²) in [4.78, 5) is 30.1. The minimum absolute atomic E-state index is 0.0146. The first-order valence-corrected chi connectivity index (χ1v) is 14.2. The van der Waals surface area contributed by atoms with Gasteiger partial charge in [-0.3, -0.25) is 14.5 Å². The molecule has 0 aliphatic carbocycles. The monoisotopic (exact) mass is 498 g/mol. The van der Waals surface area contributed by atoms with Gasteiger partial charge in [0.05, 0.1) is 28.5 Å². The van der Waals surface area contributed by atoms with E-state index in [0.717, 1.165) is 6.42 Å². The van der Waals surface area contributed by atoms with E-state index in [-0.39, 0.29) is 41.1 Å². The fraction of sp³-hybridized carbons (Fsp3) is 0.421. The van der Waals surface area contributed by atoms with Gasteiger partial charge < -0.3 is 5.32 Å². The highest BCUT2D eigenvalue weighted by molar-refractivity contribution is 7.92. The van der Waals surface area contributed by atoms with Crippen LogP contribution in [0.4, 0.5) is 10.8 Å². The Balaban J connectivity index is 1.34. The summed E-state index contributed by atoms with van der Waals surface area (Å²) in [6.07, 6.45) is 1.59. The molecule has 32 heavy (non-hydrogen) atoms. The quantitative estimate of drug-likeness (QED) is 0.578. The van der Waals surface area contributed by atoms with Gasteiger partial charge in [-0.15, -0.1) is 11.3 Å². The Hall–Kier alpha value is -2.35. The number of aromatic nitrogens is 1. The molecule has 4 rings (SSSR count). The van der Waals surface area contributed by atoms with Crippen LogP contribution >= 0.6 is 11.3 Å². The van der Waals surface area contributed by atoms with Crippen LogP contribution in [0.15, 0.2) is 34.5 Å². The standard InChI is InChI=1S/C19H22N4O6S3/c24-17(10-15-11-30-19(21-15)23-8-1-2-18(23)25)20-13-3-5-16(6-4-13)32(28,29)22-14-7-9-31(26,27)12-14/h3-6,11,14,22H,1-2,7-10,12H2,(H,20,24). The molecule has 1 unspecified atom stereocenters. The van der Waals surface area contributed by atoms with Gasteiger partial charge in [-0.05, 0) is 37.1 Å². The molecule has 2 amide bonds. The van der Waals surface area contributed by atoms with E-state index < -0.39 is 25.9 Å². The van der Waals surface area contributed by atoms with Crippen molar-refractivity contribution in [2.45, 2.75) is 36.6 Å². The van der Waals surface area contributed by atoms with E-state index in [1.807, 2.05) is 0 Å². The third-order valence-corrected chi connectivity index (χ3v) is 9.41. The SMILES string of the molecule is O=C(Cc1csc(N2CCCC2=O)n1)Nc1ccc(S(=O)(=O)NC2CCS(=O)(=O)C2)cc1. The normalized spacial score (nSPS) is 20.6.